The molecule has 8 rings (SSSR count). The van der Waals surface area contributed by atoms with Crippen molar-refractivity contribution in [3.05, 3.63) is 70.5 Å². The van der Waals surface area contributed by atoms with E-state index in [0.29, 0.717) is 35.5 Å². The number of benzene rings is 2. The van der Waals surface area contributed by atoms with Gasteiger partial charge in [0.05, 0.1) is 42.1 Å². The van der Waals surface area contributed by atoms with Crippen LogP contribution < -0.4 is 9.46 Å². The molecule has 11 nitrogen and oxygen atoms in total. The molecule has 5 heterocycles. The zero-order valence-electron chi connectivity index (χ0n) is 32.0. The van der Waals surface area contributed by atoms with E-state index in [1.807, 2.05) is 34.9 Å². The van der Waals surface area contributed by atoms with Crippen LogP contribution in [0.15, 0.2) is 42.6 Å². The van der Waals surface area contributed by atoms with E-state index in [0.717, 1.165) is 72.0 Å². The Kier molecular flexibility index (Phi) is 9.83. The van der Waals surface area contributed by atoms with Crippen LogP contribution >= 0.6 is 0 Å². The highest BCUT2D eigenvalue weighted by atomic mass is 32.2. The summed E-state index contributed by atoms with van der Waals surface area (Å²) in [7, 11) is -2.38. The van der Waals surface area contributed by atoms with Crippen molar-refractivity contribution >= 4 is 44.4 Å². The van der Waals surface area contributed by atoms with Crippen molar-refractivity contribution in [3.63, 3.8) is 0 Å². The molecule has 2 amide bonds. The van der Waals surface area contributed by atoms with E-state index >= 15 is 0 Å². The molecule has 1 unspecified atom stereocenters. The highest BCUT2D eigenvalue weighted by molar-refractivity contribution is 7.90. The van der Waals surface area contributed by atoms with Gasteiger partial charge in [-0.25, -0.2) is 13.1 Å². The number of fused-ring (bicyclic) bond motifs is 7. The third-order valence-corrected chi connectivity index (χ3v) is 13.8. The van der Waals surface area contributed by atoms with Crippen molar-refractivity contribution < 1.29 is 35.9 Å². The van der Waals surface area contributed by atoms with Gasteiger partial charge in [0.1, 0.15) is 12.3 Å². The van der Waals surface area contributed by atoms with Crippen molar-refractivity contribution in [3.8, 4) is 17.0 Å². The van der Waals surface area contributed by atoms with E-state index in [9.17, 15) is 31.2 Å². The predicted molar refractivity (Wildman–Crippen MR) is 208 cm³/mol. The summed E-state index contributed by atoms with van der Waals surface area (Å²) in [6, 6.07) is 11.0. The summed E-state index contributed by atoms with van der Waals surface area (Å²) in [6.07, 6.45) is 4.38. The lowest BCUT2D eigenvalue weighted by molar-refractivity contribution is -0.142. The molecule has 56 heavy (non-hydrogen) atoms. The molecule has 0 spiro atoms. The van der Waals surface area contributed by atoms with Crippen LogP contribution in [0.2, 0.25) is 0 Å². The van der Waals surface area contributed by atoms with Crippen molar-refractivity contribution in [1.29, 1.82) is 0 Å². The molecule has 2 aromatic carbocycles. The molecule has 4 aliphatic rings. The Labute approximate surface area is 324 Å². The number of methoxy groups -OCH3 is 1. The van der Waals surface area contributed by atoms with Crippen LogP contribution in [-0.2, 0) is 23.1 Å². The quantitative estimate of drug-likeness (QED) is 0.193. The molecule has 1 N–H and O–H groups in total. The van der Waals surface area contributed by atoms with Gasteiger partial charge in [0.25, 0.3) is 11.8 Å². The van der Waals surface area contributed by atoms with E-state index < -0.39 is 33.9 Å². The number of ether oxygens (including phenoxy) is 1. The molecule has 2 bridgehead atoms. The fraction of sp³-hybridized carbons (Fsp3) is 0.488. The second-order valence-corrected chi connectivity index (χ2v) is 18.1. The summed E-state index contributed by atoms with van der Waals surface area (Å²) in [5.74, 6) is -0.399. The van der Waals surface area contributed by atoms with Crippen LogP contribution in [0.1, 0.15) is 103 Å². The van der Waals surface area contributed by atoms with Gasteiger partial charge in [0, 0.05) is 47.2 Å². The first-order valence-corrected chi connectivity index (χ1v) is 21.0. The first-order chi connectivity index (χ1) is 26.7. The number of carbonyl (C=O) groups is 2. The molecule has 2 aromatic heterocycles. The van der Waals surface area contributed by atoms with Gasteiger partial charge in [0.2, 0.25) is 10.0 Å². The Morgan fingerprint density at radius 1 is 1.02 bits per heavy atom. The molecular formula is C41H47F3N6O5S. The highest BCUT2D eigenvalue weighted by Crippen LogP contribution is 2.48. The third kappa shape index (κ3) is 6.80. The number of amides is 2. The van der Waals surface area contributed by atoms with E-state index in [1.165, 1.54) is 20.0 Å². The number of nitrogens with zero attached hydrogens (tertiary/aromatic N) is 5. The molecular weight excluding hydrogens is 746 g/mol. The van der Waals surface area contributed by atoms with Gasteiger partial charge in [-0.15, -0.1) is 0 Å². The van der Waals surface area contributed by atoms with Crippen LogP contribution in [0.25, 0.3) is 33.8 Å². The molecule has 15 heteroatoms. The van der Waals surface area contributed by atoms with E-state index in [4.69, 9.17) is 4.74 Å². The lowest BCUT2D eigenvalue weighted by Gasteiger charge is -2.33. The minimum atomic E-state index is -4.63. The lowest BCUT2D eigenvalue weighted by atomic mass is 9.81. The number of hydrogen-bond donors (Lipinski definition) is 1. The van der Waals surface area contributed by atoms with Gasteiger partial charge in [-0.1, -0.05) is 32.3 Å². The van der Waals surface area contributed by atoms with Gasteiger partial charge in [-0.05, 0) is 98.7 Å². The molecule has 298 valence electrons. The monoisotopic (exact) mass is 792 g/mol. The maximum atomic E-state index is 14.5. The minimum Gasteiger partial charge on any atom is -0.497 e. The largest absolute Gasteiger partial charge is 0.497 e. The average molecular weight is 793 g/mol. The maximum absolute atomic E-state index is 14.5. The molecule has 2 saturated heterocycles. The summed E-state index contributed by atoms with van der Waals surface area (Å²) in [5.41, 5.74) is 4.88. The summed E-state index contributed by atoms with van der Waals surface area (Å²) in [4.78, 5) is 32.1. The summed E-state index contributed by atoms with van der Waals surface area (Å²) >= 11 is 0. The van der Waals surface area contributed by atoms with Crippen molar-refractivity contribution in [2.45, 2.75) is 102 Å². The van der Waals surface area contributed by atoms with Gasteiger partial charge in [0.15, 0.2) is 0 Å². The predicted octanol–water partition coefficient (Wildman–Crippen LogP) is 7.06. The molecule has 1 saturated carbocycles. The second kappa shape index (κ2) is 14.4. The summed E-state index contributed by atoms with van der Waals surface area (Å²) < 4.78 is 79.1. The van der Waals surface area contributed by atoms with Crippen LogP contribution in [-0.4, -0.2) is 94.6 Å². The highest BCUT2D eigenvalue weighted by Gasteiger charge is 2.46. The number of likely N-dealkylation sites (tertiary alicyclic amines) is 2. The Hall–Kier alpha value is -4.63. The van der Waals surface area contributed by atoms with Gasteiger partial charge in [-0.3, -0.25) is 19.2 Å². The number of carbonyl (C=O) groups excluding carboxylic acids is 2. The Morgan fingerprint density at radius 3 is 2.45 bits per heavy atom. The summed E-state index contributed by atoms with van der Waals surface area (Å²) in [5, 5.41) is 4.27. The Balaban J connectivity index is 1.34. The number of piperazine rings is 1. The Bertz CT molecular complexity index is 2360. The summed E-state index contributed by atoms with van der Waals surface area (Å²) in [6.45, 7) is 5.78. The molecule has 1 aliphatic carbocycles. The zero-order chi connectivity index (χ0) is 39.7. The van der Waals surface area contributed by atoms with Crippen molar-refractivity contribution in [2.75, 3.05) is 26.7 Å². The number of likely N-dealkylation sites (N-methyl/N-ethyl adjacent to an activating group) is 1. The number of alkyl halides is 3. The fourth-order valence-corrected chi connectivity index (χ4v) is 9.95. The number of hydrogen-bond acceptors (Lipinski definition) is 7. The number of sulfonamides is 1. The molecule has 3 fully saturated rings. The molecule has 4 aromatic rings. The third-order valence-electron chi connectivity index (χ3n) is 12.1. The SMILES string of the molecule is CCN1C[C@H]2CC1CN2C(=O)c1cnn(CC(F)(F)F)c1C1=Cc2cc(OC)ccc2-c2c(C3CCCCC3)c3ccc(C(=O)NS(=O)(=O)C(C)C)cc3n2C1. The van der Waals surface area contributed by atoms with E-state index in [2.05, 4.69) is 21.6 Å². The van der Waals surface area contributed by atoms with E-state index in [-0.39, 0.29) is 47.3 Å². The number of rotatable bonds is 9. The van der Waals surface area contributed by atoms with Crippen LogP contribution in [0.4, 0.5) is 13.2 Å². The minimum absolute atomic E-state index is 0.0403. The topological polar surface area (TPSA) is 119 Å². The van der Waals surface area contributed by atoms with E-state index in [1.54, 1.807) is 24.1 Å². The average Bonchev–Trinajstić information content (AvgIpc) is 3.93. The normalized spacial score (nSPS) is 20.3. The first-order valence-electron chi connectivity index (χ1n) is 19.5. The van der Waals surface area contributed by atoms with Crippen molar-refractivity contribution in [2.24, 2.45) is 0 Å². The first kappa shape index (κ1) is 38.3. The van der Waals surface area contributed by atoms with Gasteiger partial charge < -0.3 is 14.2 Å². The Morgan fingerprint density at radius 2 is 1.79 bits per heavy atom. The fourth-order valence-electron chi connectivity index (χ4n) is 9.34. The number of allylic oxidation sites excluding steroid dienone is 1. The lowest BCUT2D eigenvalue weighted by Crippen LogP contribution is -2.48. The molecule has 2 atom stereocenters. The number of halogens is 3. The van der Waals surface area contributed by atoms with Gasteiger partial charge >= 0.3 is 6.18 Å². The van der Waals surface area contributed by atoms with Crippen LogP contribution in [0, 0.1) is 0 Å². The second-order valence-electron chi connectivity index (χ2n) is 15.8. The maximum Gasteiger partial charge on any atom is 0.408 e. The standard InChI is InChI=1S/C41H47F3N6O5S/c1-5-47-21-30-18-29(47)22-48(30)40(52)34-19-45-50(23-41(42,43)44)37(34)28-15-27-16-31(55-4)12-14-32(27)38-36(25-9-7-6-8-10-25)33-13-11-26(17-35(33)49(38)20-28)39(51)46-56(53,54)24(2)3/h11-17,19,24-25,29-30H,5-10,18,20-23H2,1-4H3,(H,46,51)/t29?,30-/m1/s1. The van der Waals surface area contributed by atoms with Crippen molar-refractivity contribution in [1.82, 2.24) is 28.9 Å². The number of aromatic nitrogens is 3. The molecule has 3 aliphatic heterocycles. The smallest absolute Gasteiger partial charge is 0.408 e. The van der Waals surface area contributed by atoms with Crippen LogP contribution in [0.5, 0.6) is 5.75 Å². The number of nitrogens with one attached hydrogen (secondary N) is 1. The molecule has 0 radical (unpaired) electrons. The van der Waals surface area contributed by atoms with Gasteiger partial charge in [-0.2, -0.15) is 18.3 Å². The van der Waals surface area contributed by atoms with Crippen LogP contribution in [0.3, 0.4) is 0 Å². The zero-order valence-corrected chi connectivity index (χ0v) is 32.8.